The van der Waals surface area contributed by atoms with E-state index in [0.717, 1.165) is 16.9 Å². The van der Waals surface area contributed by atoms with Gasteiger partial charge in [-0.1, -0.05) is 24.3 Å². The highest BCUT2D eigenvalue weighted by Gasteiger charge is 2.34. The fourth-order valence-electron chi connectivity index (χ4n) is 4.34. The van der Waals surface area contributed by atoms with Crippen molar-refractivity contribution in [3.8, 4) is 28.6 Å². The molecule has 9 heteroatoms. The molecule has 3 aromatic carbocycles. The van der Waals surface area contributed by atoms with Gasteiger partial charge >= 0.3 is 0 Å². The predicted octanol–water partition coefficient (Wildman–Crippen LogP) is 4.99. The highest BCUT2D eigenvalue weighted by molar-refractivity contribution is 6.06. The minimum absolute atomic E-state index is 0.132. The minimum Gasteiger partial charge on any atom is -0.508 e. The van der Waals surface area contributed by atoms with Gasteiger partial charge in [0.25, 0.3) is 5.91 Å². The summed E-state index contributed by atoms with van der Waals surface area (Å²) in [6, 6.07) is 20.9. The quantitative estimate of drug-likeness (QED) is 0.330. The molecule has 4 aromatic rings. The number of rotatable bonds is 7. The molecule has 0 saturated heterocycles. The number of phenols is 1. The second-order valence-corrected chi connectivity index (χ2v) is 8.47. The number of anilines is 2. The van der Waals surface area contributed by atoms with Gasteiger partial charge in [0.15, 0.2) is 5.82 Å². The van der Waals surface area contributed by atoms with Crippen LogP contribution in [0.5, 0.6) is 17.2 Å². The van der Waals surface area contributed by atoms with Gasteiger partial charge in [0.2, 0.25) is 5.95 Å². The third-order valence-electron chi connectivity index (χ3n) is 6.08. The van der Waals surface area contributed by atoms with Crippen molar-refractivity contribution >= 4 is 17.5 Å². The van der Waals surface area contributed by atoms with Gasteiger partial charge in [0.1, 0.15) is 23.3 Å². The van der Waals surface area contributed by atoms with Crippen molar-refractivity contribution in [3.63, 3.8) is 0 Å². The highest BCUT2D eigenvalue weighted by atomic mass is 16.5. The van der Waals surface area contributed by atoms with E-state index in [1.54, 1.807) is 48.2 Å². The molecule has 1 aliphatic heterocycles. The van der Waals surface area contributed by atoms with Crippen LogP contribution >= 0.6 is 0 Å². The Labute approximate surface area is 214 Å². The number of hydrogen-bond acceptors (Lipinski definition) is 7. The molecule has 1 unspecified atom stereocenters. The molecular formula is C28H27N5O4. The van der Waals surface area contributed by atoms with E-state index >= 15 is 0 Å². The number of benzene rings is 3. The number of fused-ring (bicyclic) bond motifs is 1. The standard InChI is InChI=1S/C28H27N5O4/c1-4-37-21-15-11-19(12-16-21)26-31-28-29-17(2)24(27(35)30-22-7-5-6-8-23(22)36-3)25(33(28)32-26)18-9-13-20(34)14-10-18/h5-16,25,34H,4H2,1-3H3,(H,30,35)(H,29,31,32). The largest absolute Gasteiger partial charge is 0.508 e. The van der Waals surface area contributed by atoms with Crippen LogP contribution in [-0.2, 0) is 4.79 Å². The summed E-state index contributed by atoms with van der Waals surface area (Å²) in [6.07, 6.45) is 0. The van der Waals surface area contributed by atoms with Crippen LogP contribution < -0.4 is 20.1 Å². The lowest BCUT2D eigenvalue weighted by molar-refractivity contribution is -0.113. The summed E-state index contributed by atoms with van der Waals surface area (Å²) in [4.78, 5) is 18.4. The molecule has 0 aliphatic carbocycles. The summed E-state index contributed by atoms with van der Waals surface area (Å²) < 4.78 is 12.6. The lowest BCUT2D eigenvalue weighted by atomic mass is 9.95. The minimum atomic E-state index is -0.587. The molecule has 0 radical (unpaired) electrons. The Kier molecular flexibility index (Phi) is 6.51. The number of aromatic nitrogens is 3. The number of ether oxygens (including phenoxy) is 2. The molecule has 37 heavy (non-hydrogen) atoms. The molecule has 5 rings (SSSR count). The number of hydrogen-bond donors (Lipinski definition) is 3. The van der Waals surface area contributed by atoms with E-state index in [2.05, 4.69) is 10.6 Å². The summed E-state index contributed by atoms with van der Waals surface area (Å²) in [6.45, 7) is 4.35. The maximum Gasteiger partial charge on any atom is 0.255 e. The van der Waals surface area contributed by atoms with Crippen molar-refractivity contribution in [3.05, 3.63) is 89.6 Å². The Balaban J connectivity index is 1.56. The number of allylic oxidation sites excluding steroid dienone is 1. The van der Waals surface area contributed by atoms with Crippen LogP contribution in [0.4, 0.5) is 11.6 Å². The second-order valence-electron chi connectivity index (χ2n) is 8.47. The zero-order valence-electron chi connectivity index (χ0n) is 20.7. The van der Waals surface area contributed by atoms with E-state index in [9.17, 15) is 9.90 Å². The van der Waals surface area contributed by atoms with Gasteiger partial charge < -0.3 is 25.2 Å². The molecule has 0 bridgehead atoms. The topological polar surface area (TPSA) is 111 Å². The van der Waals surface area contributed by atoms with Gasteiger partial charge in [-0.05, 0) is 67.9 Å². The van der Waals surface area contributed by atoms with Crippen LogP contribution in [0.2, 0.25) is 0 Å². The van der Waals surface area contributed by atoms with Gasteiger partial charge in [0.05, 0.1) is 25.0 Å². The molecular weight excluding hydrogens is 470 g/mol. The van der Waals surface area contributed by atoms with Crippen LogP contribution in [-0.4, -0.2) is 39.5 Å². The Morgan fingerprint density at radius 3 is 2.51 bits per heavy atom. The first kappa shape index (κ1) is 23.9. The molecule has 0 saturated carbocycles. The van der Waals surface area contributed by atoms with Crippen molar-refractivity contribution in [2.75, 3.05) is 24.4 Å². The second kappa shape index (κ2) is 10.1. The first-order valence-electron chi connectivity index (χ1n) is 11.9. The zero-order chi connectivity index (χ0) is 25.9. The van der Waals surface area contributed by atoms with Gasteiger partial charge in [-0.25, -0.2) is 4.68 Å². The predicted molar refractivity (Wildman–Crippen MR) is 141 cm³/mol. The van der Waals surface area contributed by atoms with E-state index < -0.39 is 6.04 Å². The smallest absolute Gasteiger partial charge is 0.255 e. The third-order valence-corrected chi connectivity index (χ3v) is 6.08. The van der Waals surface area contributed by atoms with Crippen molar-refractivity contribution in [1.29, 1.82) is 0 Å². The fourth-order valence-corrected chi connectivity index (χ4v) is 4.34. The Morgan fingerprint density at radius 2 is 1.81 bits per heavy atom. The first-order valence-corrected chi connectivity index (χ1v) is 11.9. The molecule has 1 atom stereocenters. The highest BCUT2D eigenvalue weighted by Crippen LogP contribution is 2.38. The molecule has 1 aliphatic rings. The lowest BCUT2D eigenvalue weighted by Gasteiger charge is -2.28. The summed E-state index contributed by atoms with van der Waals surface area (Å²) in [5.74, 6) is 2.16. The maximum absolute atomic E-state index is 13.7. The number of nitrogens with zero attached hydrogens (tertiary/aromatic N) is 3. The SMILES string of the molecule is CCOc1ccc(-c2nc3n(n2)C(c2ccc(O)cc2)C(C(=O)Nc2ccccc2OC)=C(C)N3)cc1. The molecule has 9 nitrogen and oxygen atoms in total. The van der Waals surface area contributed by atoms with Crippen LogP contribution in [0, 0.1) is 0 Å². The number of amides is 1. The van der Waals surface area contributed by atoms with Gasteiger partial charge in [-0.15, -0.1) is 5.10 Å². The number of carbonyl (C=O) groups is 1. The van der Waals surface area contributed by atoms with E-state index in [-0.39, 0.29) is 11.7 Å². The van der Waals surface area contributed by atoms with Crippen molar-refractivity contribution in [2.45, 2.75) is 19.9 Å². The molecule has 188 valence electrons. The number of methoxy groups -OCH3 is 1. The molecule has 0 spiro atoms. The normalized spacial score (nSPS) is 14.5. The molecule has 1 amide bonds. The molecule has 2 heterocycles. The summed E-state index contributed by atoms with van der Waals surface area (Å²) in [5, 5.41) is 20.9. The average molecular weight is 498 g/mol. The first-order chi connectivity index (χ1) is 18.0. The van der Waals surface area contributed by atoms with Gasteiger partial charge in [0, 0.05) is 11.3 Å². The average Bonchev–Trinajstić information content (AvgIpc) is 3.33. The molecule has 3 N–H and O–H groups in total. The number of aromatic hydroxyl groups is 1. The lowest BCUT2D eigenvalue weighted by Crippen LogP contribution is -2.31. The number of phenolic OH excluding ortho intramolecular Hbond substituents is 1. The van der Waals surface area contributed by atoms with Crippen LogP contribution in [0.25, 0.3) is 11.4 Å². The van der Waals surface area contributed by atoms with E-state index in [0.29, 0.717) is 41.1 Å². The third kappa shape index (κ3) is 4.71. The molecule has 1 aromatic heterocycles. The van der Waals surface area contributed by atoms with E-state index in [1.165, 1.54) is 0 Å². The van der Waals surface area contributed by atoms with Gasteiger partial charge in [-0.2, -0.15) is 4.98 Å². The van der Waals surface area contributed by atoms with E-state index in [4.69, 9.17) is 19.6 Å². The number of carbonyl (C=O) groups excluding carboxylic acids is 1. The van der Waals surface area contributed by atoms with Crippen LogP contribution in [0.3, 0.4) is 0 Å². The molecule has 0 fully saturated rings. The Bertz CT molecular complexity index is 1460. The number of para-hydroxylation sites is 2. The Hall–Kier alpha value is -4.79. The summed E-state index contributed by atoms with van der Waals surface area (Å²) >= 11 is 0. The van der Waals surface area contributed by atoms with Crippen molar-refractivity contribution in [2.24, 2.45) is 0 Å². The fraction of sp³-hybridized carbons (Fsp3) is 0.179. The van der Waals surface area contributed by atoms with Crippen LogP contribution in [0.1, 0.15) is 25.5 Å². The van der Waals surface area contributed by atoms with Crippen LogP contribution in [0.15, 0.2) is 84.1 Å². The summed E-state index contributed by atoms with van der Waals surface area (Å²) in [7, 11) is 1.56. The maximum atomic E-state index is 13.7. The number of nitrogens with one attached hydrogen (secondary N) is 2. The summed E-state index contributed by atoms with van der Waals surface area (Å²) in [5.41, 5.74) is 3.25. The van der Waals surface area contributed by atoms with Gasteiger partial charge in [-0.3, -0.25) is 4.79 Å². The van der Waals surface area contributed by atoms with E-state index in [1.807, 2.05) is 50.2 Å². The van der Waals surface area contributed by atoms with Crippen molar-refractivity contribution < 1.29 is 19.4 Å². The Morgan fingerprint density at radius 1 is 1.08 bits per heavy atom. The zero-order valence-corrected chi connectivity index (χ0v) is 20.7. The van der Waals surface area contributed by atoms with Crippen molar-refractivity contribution in [1.82, 2.24) is 14.8 Å². The monoisotopic (exact) mass is 497 g/mol.